The molecule has 9 heteroatoms. The van der Waals surface area contributed by atoms with E-state index in [4.69, 9.17) is 9.47 Å². The maximum atomic E-state index is 13.9. The number of thioether (sulfide) groups is 1. The van der Waals surface area contributed by atoms with E-state index in [2.05, 4.69) is 31.0 Å². The van der Waals surface area contributed by atoms with E-state index in [1.807, 2.05) is 28.8 Å². The van der Waals surface area contributed by atoms with Crippen LogP contribution in [0.1, 0.15) is 5.56 Å². The predicted molar refractivity (Wildman–Crippen MR) is 115 cm³/mol. The number of rotatable bonds is 6. The zero-order valence-electron chi connectivity index (χ0n) is 15.8. The number of hydrogen-bond donors (Lipinski definition) is 0. The molecule has 0 spiro atoms. The van der Waals surface area contributed by atoms with Crippen LogP contribution in [0, 0.1) is 5.82 Å². The van der Waals surface area contributed by atoms with Crippen LogP contribution >= 0.6 is 27.7 Å². The number of benzene rings is 2. The molecule has 0 unspecified atom stereocenters. The minimum atomic E-state index is -0.297. The molecule has 1 fully saturated rings. The quantitative estimate of drug-likeness (QED) is 0.492. The molecule has 1 saturated heterocycles. The lowest BCUT2D eigenvalue weighted by atomic mass is 10.2. The van der Waals surface area contributed by atoms with Crippen molar-refractivity contribution in [2.45, 2.75) is 10.9 Å². The molecule has 0 bridgehead atoms. The fourth-order valence-corrected chi connectivity index (χ4v) is 4.50. The Labute approximate surface area is 181 Å². The largest absolute Gasteiger partial charge is 0.496 e. The summed E-state index contributed by atoms with van der Waals surface area (Å²) in [5, 5.41) is 9.52. The number of morpholine rings is 1. The van der Waals surface area contributed by atoms with Crippen LogP contribution in [-0.4, -0.2) is 48.2 Å². The monoisotopic (exact) mass is 478 g/mol. The van der Waals surface area contributed by atoms with Gasteiger partial charge in [-0.2, -0.15) is 0 Å². The molecular weight excluding hydrogens is 459 g/mol. The lowest BCUT2D eigenvalue weighted by molar-refractivity contribution is 0.122. The van der Waals surface area contributed by atoms with E-state index in [1.165, 1.54) is 23.9 Å². The summed E-state index contributed by atoms with van der Waals surface area (Å²) < 4.78 is 27.8. The average Bonchev–Trinajstić information content (AvgIpc) is 3.17. The van der Waals surface area contributed by atoms with Crippen molar-refractivity contribution < 1.29 is 13.9 Å². The van der Waals surface area contributed by atoms with Crippen molar-refractivity contribution >= 4 is 33.6 Å². The van der Waals surface area contributed by atoms with Crippen LogP contribution in [0.5, 0.6) is 5.75 Å². The van der Waals surface area contributed by atoms with Gasteiger partial charge in [-0.25, -0.2) is 4.39 Å². The summed E-state index contributed by atoms with van der Waals surface area (Å²) in [6, 6.07) is 12.4. The summed E-state index contributed by atoms with van der Waals surface area (Å²) >= 11 is 5.04. The highest BCUT2D eigenvalue weighted by Crippen LogP contribution is 2.33. The molecule has 1 aliphatic rings. The molecule has 0 radical (unpaired) electrons. The van der Waals surface area contributed by atoms with Crippen LogP contribution in [0.15, 0.2) is 52.1 Å². The summed E-state index contributed by atoms with van der Waals surface area (Å²) in [4.78, 5) is 2.12. The molecule has 29 heavy (non-hydrogen) atoms. The van der Waals surface area contributed by atoms with Gasteiger partial charge in [0.1, 0.15) is 11.6 Å². The van der Waals surface area contributed by atoms with Gasteiger partial charge in [0.25, 0.3) is 0 Å². The van der Waals surface area contributed by atoms with Crippen molar-refractivity contribution in [1.29, 1.82) is 0 Å². The molecule has 2 heterocycles. The van der Waals surface area contributed by atoms with E-state index in [0.29, 0.717) is 35.8 Å². The third-order valence-corrected chi connectivity index (χ3v) is 6.05. The van der Waals surface area contributed by atoms with E-state index >= 15 is 0 Å². The Balaban J connectivity index is 1.68. The molecule has 0 saturated carbocycles. The molecule has 0 amide bonds. The lowest BCUT2D eigenvalue weighted by Gasteiger charge is -2.27. The highest BCUT2D eigenvalue weighted by Gasteiger charge is 2.22. The van der Waals surface area contributed by atoms with E-state index in [9.17, 15) is 4.39 Å². The van der Waals surface area contributed by atoms with Gasteiger partial charge in [-0.05, 0) is 36.4 Å². The van der Waals surface area contributed by atoms with Gasteiger partial charge >= 0.3 is 0 Å². The van der Waals surface area contributed by atoms with Crippen LogP contribution < -0.4 is 9.64 Å². The van der Waals surface area contributed by atoms with Crippen LogP contribution in [0.2, 0.25) is 0 Å². The van der Waals surface area contributed by atoms with Gasteiger partial charge in [0, 0.05) is 28.9 Å². The summed E-state index contributed by atoms with van der Waals surface area (Å²) in [5.41, 5.74) is 1.73. The Hall–Kier alpha value is -2.10. The van der Waals surface area contributed by atoms with Gasteiger partial charge < -0.3 is 14.4 Å². The maximum absolute atomic E-state index is 13.9. The highest BCUT2D eigenvalue weighted by molar-refractivity contribution is 9.10. The standard InChI is InChI=1S/C20H20BrFN4O2S/c1-27-18-6-5-15(21)11-14(18)13-29-20-24-23-19(25-7-9-28-10-8-25)26(20)17-4-2-3-16(22)12-17/h2-6,11-12H,7-10,13H2,1H3. The van der Waals surface area contributed by atoms with Crippen molar-refractivity contribution in [3.05, 3.63) is 58.3 Å². The van der Waals surface area contributed by atoms with Gasteiger partial charge in [-0.1, -0.05) is 33.8 Å². The van der Waals surface area contributed by atoms with Crippen molar-refractivity contribution in [3.8, 4) is 11.4 Å². The van der Waals surface area contributed by atoms with Crippen LogP contribution in [0.25, 0.3) is 5.69 Å². The van der Waals surface area contributed by atoms with Crippen molar-refractivity contribution in [3.63, 3.8) is 0 Å². The molecule has 4 rings (SSSR count). The lowest BCUT2D eigenvalue weighted by Crippen LogP contribution is -2.37. The van der Waals surface area contributed by atoms with Gasteiger partial charge in [-0.3, -0.25) is 4.57 Å². The Morgan fingerprint density at radius 2 is 2.00 bits per heavy atom. The molecule has 3 aromatic rings. The van der Waals surface area contributed by atoms with Crippen LogP contribution in [0.3, 0.4) is 0 Å². The number of halogens is 2. The Kier molecular flexibility index (Phi) is 6.37. The van der Waals surface area contributed by atoms with Crippen LogP contribution in [0.4, 0.5) is 10.3 Å². The first kappa shape index (κ1) is 20.2. The van der Waals surface area contributed by atoms with Gasteiger partial charge in [0.15, 0.2) is 5.16 Å². The summed E-state index contributed by atoms with van der Waals surface area (Å²) in [7, 11) is 1.66. The molecule has 0 atom stereocenters. The number of nitrogens with zero attached hydrogens (tertiary/aromatic N) is 4. The zero-order chi connectivity index (χ0) is 20.2. The van der Waals surface area contributed by atoms with Crippen LogP contribution in [-0.2, 0) is 10.5 Å². The fourth-order valence-electron chi connectivity index (χ4n) is 3.17. The summed E-state index contributed by atoms with van der Waals surface area (Å²) in [6.45, 7) is 2.70. The summed E-state index contributed by atoms with van der Waals surface area (Å²) in [5.74, 6) is 1.85. The van der Waals surface area contributed by atoms with Gasteiger partial charge in [0.2, 0.25) is 5.95 Å². The first-order valence-corrected chi connectivity index (χ1v) is 10.9. The predicted octanol–water partition coefficient (Wildman–Crippen LogP) is 4.31. The number of anilines is 1. The van der Waals surface area contributed by atoms with Crippen molar-refractivity contribution in [1.82, 2.24) is 14.8 Å². The third-order valence-electron chi connectivity index (χ3n) is 4.58. The first-order chi connectivity index (χ1) is 14.2. The molecule has 152 valence electrons. The number of hydrogen-bond acceptors (Lipinski definition) is 6. The smallest absolute Gasteiger partial charge is 0.232 e. The minimum Gasteiger partial charge on any atom is -0.496 e. The maximum Gasteiger partial charge on any atom is 0.232 e. The fraction of sp³-hybridized carbons (Fsp3) is 0.300. The zero-order valence-corrected chi connectivity index (χ0v) is 18.2. The normalized spacial score (nSPS) is 14.2. The second kappa shape index (κ2) is 9.15. The molecule has 0 aliphatic carbocycles. The highest BCUT2D eigenvalue weighted by atomic mass is 79.9. The molecule has 6 nitrogen and oxygen atoms in total. The Morgan fingerprint density at radius 3 is 2.76 bits per heavy atom. The average molecular weight is 479 g/mol. The minimum absolute atomic E-state index is 0.297. The first-order valence-electron chi connectivity index (χ1n) is 9.15. The van der Waals surface area contributed by atoms with E-state index in [-0.39, 0.29) is 5.82 Å². The molecule has 2 aromatic carbocycles. The molecular formula is C20H20BrFN4O2S. The van der Waals surface area contributed by atoms with Crippen molar-refractivity contribution in [2.75, 3.05) is 38.3 Å². The second-order valence-electron chi connectivity index (χ2n) is 6.44. The Morgan fingerprint density at radius 1 is 1.17 bits per heavy atom. The van der Waals surface area contributed by atoms with Gasteiger partial charge in [-0.15, -0.1) is 10.2 Å². The van der Waals surface area contributed by atoms with Crippen molar-refractivity contribution in [2.24, 2.45) is 0 Å². The molecule has 1 aromatic heterocycles. The molecule has 0 N–H and O–H groups in total. The van der Waals surface area contributed by atoms with E-state index in [0.717, 1.165) is 28.9 Å². The second-order valence-corrected chi connectivity index (χ2v) is 8.30. The topological polar surface area (TPSA) is 52.4 Å². The Bertz CT molecular complexity index is 994. The summed E-state index contributed by atoms with van der Waals surface area (Å²) in [6.07, 6.45) is 0. The van der Waals surface area contributed by atoms with Gasteiger partial charge in [0.05, 0.1) is 26.0 Å². The van der Waals surface area contributed by atoms with E-state index < -0.39 is 0 Å². The SMILES string of the molecule is COc1ccc(Br)cc1CSc1nnc(N2CCOCC2)n1-c1cccc(F)c1. The third kappa shape index (κ3) is 4.57. The molecule has 1 aliphatic heterocycles. The van der Waals surface area contributed by atoms with E-state index in [1.54, 1.807) is 13.2 Å². The number of aromatic nitrogens is 3. The number of ether oxygens (including phenoxy) is 2. The number of methoxy groups -OCH3 is 1.